The normalized spacial score (nSPS) is 10.2. The lowest BCUT2D eigenvalue weighted by molar-refractivity contribution is 0.102. The molecule has 0 atom stereocenters. The highest BCUT2D eigenvalue weighted by Crippen LogP contribution is 2.28. The van der Waals surface area contributed by atoms with Crippen molar-refractivity contribution in [2.24, 2.45) is 0 Å². The fourth-order valence-electron chi connectivity index (χ4n) is 1.51. The number of aromatic nitrogens is 1. The van der Waals surface area contributed by atoms with E-state index in [0.717, 1.165) is 4.47 Å². The number of nitrogens with one attached hydrogen (secondary N) is 1. The third kappa shape index (κ3) is 3.42. The largest absolute Gasteiger partial charge is 0.496 e. The highest BCUT2D eigenvalue weighted by molar-refractivity contribution is 9.10. The summed E-state index contributed by atoms with van der Waals surface area (Å²) < 4.78 is 5.84. The molecule has 1 aromatic heterocycles. The topological polar surface area (TPSA) is 51.2 Å². The molecule has 0 aliphatic heterocycles. The zero-order valence-electron chi connectivity index (χ0n) is 10.3. The molecule has 0 radical (unpaired) electrons. The number of pyridine rings is 1. The first-order valence-electron chi connectivity index (χ1n) is 5.48. The van der Waals surface area contributed by atoms with Gasteiger partial charge in [0.25, 0.3) is 5.91 Å². The lowest BCUT2D eigenvalue weighted by Gasteiger charge is -2.08. The summed E-state index contributed by atoms with van der Waals surface area (Å²) in [6, 6.07) is 8.20. The highest BCUT2D eigenvalue weighted by atomic mass is 79.9. The molecule has 4 nitrogen and oxygen atoms in total. The van der Waals surface area contributed by atoms with E-state index in [0.29, 0.717) is 11.4 Å². The summed E-state index contributed by atoms with van der Waals surface area (Å²) in [7, 11) is 1.56. The second kappa shape index (κ2) is 6.43. The van der Waals surface area contributed by atoms with Crippen molar-refractivity contribution >= 4 is 50.7 Å². The van der Waals surface area contributed by atoms with Crippen LogP contribution in [0.1, 0.15) is 10.5 Å². The van der Waals surface area contributed by atoms with Crippen LogP contribution in [0.3, 0.4) is 0 Å². The molecule has 0 fully saturated rings. The number of hydrogen-bond acceptors (Lipinski definition) is 3. The van der Waals surface area contributed by atoms with Gasteiger partial charge in [0.05, 0.1) is 16.6 Å². The minimum absolute atomic E-state index is 0.0751. The van der Waals surface area contributed by atoms with Crippen molar-refractivity contribution in [1.29, 1.82) is 0 Å². The van der Waals surface area contributed by atoms with Gasteiger partial charge >= 0.3 is 0 Å². The van der Waals surface area contributed by atoms with Gasteiger partial charge in [0.2, 0.25) is 0 Å². The molecular weight excluding hydrogens is 367 g/mol. The molecule has 0 aliphatic rings. The van der Waals surface area contributed by atoms with Crippen LogP contribution in [-0.2, 0) is 0 Å². The van der Waals surface area contributed by atoms with E-state index in [9.17, 15) is 4.79 Å². The molecule has 20 heavy (non-hydrogen) atoms. The smallest absolute Gasteiger partial charge is 0.275 e. The van der Waals surface area contributed by atoms with Crippen LogP contribution < -0.4 is 10.1 Å². The minimum atomic E-state index is -0.436. The minimum Gasteiger partial charge on any atom is -0.496 e. The van der Waals surface area contributed by atoms with Crippen LogP contribution in [0.4, 0.5) is 5.69 Å². The Balaban J connectivity index is 2.23. The van der Waals surface area contributed by atoms with Crippen LogP contribution in [0.25, 0.3) is 0 Å². The van der Waals surface area contributed by atoms with Crippen molar-refractivity contribution in [1.82, 2.24) is 4.98 Å². The lowest BCUT2D eigenvalue weighted by atomic mass is 10.2. The molecule has 104 valence electrons. The zero-order chi connectivity index (χ0) is 14.7. The Bertz CT molecular complexity index is 665. The maximum absolute atomic E-state index is 12.1. The molecule has 1 aromatic carbocycles. The number of amides is 1. The average molecular weight is 376 g/mol. The Morgan fingerprint density at radius 2 is 2.05 bits per heavy atom. The molecule has 1 N–H and O–H groups in total. The summed E-state index contributed by atoms with van der Waals surface area (Å²) >= 11 is 15.0. The second-order valence-electron chi connectivity index (χ2n) is 3.77. The lowest BCUT2D eigenvalue weighted by Crippen LogP contribution is -2.14. The van der Waals surface area contributed by atoms with Crippen molar-refractivity contribution in [3.05, 3.63) is 50.7 Å². The Labute approximate surface area is 134 Å². The van der Waals surface area contributed by atoms with Gasteiger partial charge in [0.15, 0.2) is 0 Å². The van der Waals surface area contributed by atoms with E-state index in [-0.39, 0.29) is 15.9 Å². The molecule has 0 saturated carbocycles. The monoisotopic (exact) mass is 374 g/mol. The molecule has 0 bridgehead atoms. The van der Waals surface area contributed by atoms with Crippen LogP contribution in [-0.4, -0.2) is 18.0 Å². The third-order valence-electron chi connectivity index (χ3n) is 2.44. The molecule has 1 heterocycles. The fraction of sp³-hybridized carbons (Fsp3) is 0.0769. The van der Waals surface area contributed by atoms with E-state index < -0.39 is 5.91 Å². The van der Waals surface area contributed by atoms with Crippen LogP contribution in [0, 0.1) is 0 Å². The molecule has 0 aliphatic carbocycles. The molecule has 0 saturated heterocycles. The summed E-state index contributed by atoms with van der Waals surface area (Å²) in [5.41, 5.74) is 0.659. The Kier molecular flexibility index (Phi) is 4.86. The van der Waals surface area contributed by atoms with Gasteiger partial charge in [-0.25, -0.2) is 4.98 Å². The molecule has 2 aromatic rings. The predicted molar refractivity (Wildman–Crippen MR) is 82.9 cm³/mol. The number of anilines is 1. The van der Waals surface area contributed by atoms with Crippen molar-refractivity contribution in [2.75, 3.05) is 12.4 Å². The number of carbonyl (C=O) groups is 1. The van der Waals surface area contributed by atoms with Crippen LogP contribution in [0.15, 0.2) is 34.8 Å². The number of methoxy groups -OCH3 is 1. The van der Waals surface area contributed by atoms with Gasteiger partial charge in [0.1, 0.15) is 16.6 Å². The SMILES string of the molecule is COc1ccc(NC(=O)c2nc(Cl)ccc2Cl)cc1Br. The zero-order valence-corrected chi connectivity index (χ0v) is 13.4. The van der Waals surface area contributed by atoms with E-state index in [4.69, 9.17) is 27.9 Å². The molecule has 2 rings (SSSR count). The van der Waals surface area contributed by atoms with Gasteiger partial charge in [-0.15, -0.1) is 0 Å². The molecule has 0 unspecified atom stereocenters. The first-order valence-corrected chi connectivity index (χ1v) is 7.03. The molecule has 0 spiro atoms. The Hall–Kier alpha value is -1.30. The molecule has 1 amide bonds. The fourth-order valence-corrected chi connectivity index (χ4v) is 2.39. The van der Waals surface area contributed by atoms with Gasteiger partial charge in [-0.2, -0.15) is 0 Å². The van der Waals surface area contributed by atoms with Gasteiger partial charge in [-0.05, 0) is 46.3 Å². The van der Waals surface area contributed by atoms with Gasteiger partial charge in [0, 0.05) is 5.69 Å². The van der Waals surface area contributed by atoms with E-state index in [1.807, 2.05) is 0 Å². The first-order chi connectivity index (χ1) is 9.51. The summed E-state index contributed by atoms with van der Waals surface area (Å²) in [5, 5.41) is 3.13. The highest BCUT2D eigenvalue weighted by Gasteiger charge is 2.13. The number of nitrogens with zero attached hydrogens (tertiary/aromatic N) is 1. The summed E-state index contributed by atoms with van der Waals surface area (Å²) in [6.07, 6.45) is 0. The Morgan fingerprint density at radius 1 is 1.30 bits per heavy atom. The Morgan fingerprint density at radius 3 is 2.70 bits per heavy atom. The van der Waals surface area contributed by atoms with E-state index >= 15 is 0 Å². The maximum Gasteiger partial charge on any atom is 0.275 e. The number of rotatable bonds is 3. The van der Waals surface area contributed by atoms with Crippen LogP contribution >= 0.6 is 39.1 Å². The van der Waals surface area contributed by atoms with Crippen molar-refractivity contribution in [3.8, 4) is 5.75 Å². The summed E-state index contributed by atoms with van der Waals surface area (Å²) in [6.45, 7) is 0. The summed E-state index contributed by atoms with van der Waals surface area (Å²) in [5.74, 6) is 0.233. The predicted octanol–water partition coefficient (Wildman–Crippen LogP) is 4.41. The van der Waals surface area contributed by atoms with Crippen LogP contribution in [0.2, 0.25) is 10.2 Å². The number of halogens is 3. The van der Waals surface area contributed by atoms with Crippen molar-refractivity contribution in [3.63, 3.8) is 0 Å². The van der Waals surface area contributed by atoms with Gasteiger partial charge < -0.3 is 10.1 Å². The summed E-state index contributed by atoms with van der Waals surface area (Å²) in [4.78, 5) is 16.0. The quantitative estimate of drug-likeness (QED) is 0.808. The third-order valence-corrected chi connectivity index (χ3v) is 3.57. The number of ether oxygens (including phenoxy) is 1. The van der Waals surface area contributed by atoms with Crippen molar-refractivity contribution < 1.29 is 9.53 Å². The van der Waals surface area contributed by atoms with Gasteiger partial charge in [-0.1, -0.05) is 23.2 Å². The first kappa shape index (κ1) is 15.1. The number of benzene rings is 1. The number of hydrogen-bond donors (Lipinski definition) is 1. The van der Waals surface area contributed by atoms with E-state index in [2.05, 4.69) is 26.2 Å². The average Bonchev–Trinajstić information content (AvgIpc) is 2.41. The van der Waals surface area contributed by atoms with Crippen LogP contribution in [0.5, 0.6) is 5.75 Å². The van der Waals surface area contributed by atoms with Crippen molar-refractivity contribution in [2.45, 2.75) is 0 Å². The maximum atomic E-state index is 12.1. The second-order valence-corrected chi connectivity index (χ2v) is 5.42. The standard InChI is InChI=1S/C13H9BrCl2N2O2/c1-20-10-4-2-7(6-8(10)14)17-13(19)12-9(15)3-5-11(16)18-12/h2-6H,1H3,(H,17,19). The van der Waals surface area contributed by atoms with Gasteiger partial charge in [-0.3, -0.25) is 4.79 Å². The van der Waals surface area contributed by atoms with E-state index in [1.165, 1.54) is 12.1 Å². The number of carbonyl (C=O) groups excluding carboxylic acids is 1. The van der Waals surface area contributed by atoms with E-state index in [1.54, 1.807) is 25.3 Å². The molecule has 7 heteroatoms. The molecular formula is C13H9BrCl2N2O2.